The molecule has 0 unspecified atom stereocenters. The minimum Gasteiger partial charge on any atom is -0.438 e. The van der Waals surface area contributed by atoms with Crippen LogP contribution < -0.4 is 4.74 Å². The van der Waals surface area contributed by atoms with E-state index in [2.05, 4.69) is 4.98 Å². The van der Waals surface area contributed by atoms with Crippen LogP contribution in [0, 0.1) is 0 Å². The molecule has 0 amide bonds. The number of aromatic nitrogens is 2. The summed E-state index contributed by atoms with van der Waals surface area (Å²) >= 11 is 7.70. The fourth-order valence-corrected chi connectivity index (χ4v) is 3.42. The van der Waals surface area contributed by atoms with Gasteiger partial charge in [-0.3, -0.25) is 0 Å². The third-order valence-corrected chi connectivity index (χ3v) is 4.71. The maximum atomic E-state index is 6.09. The summed E-state index contributed by atoms with van der Waals surface area (Å²) < 4.78 is 6.01. The number of fused-ring (bicyclic) bond motifs is 2. The Hall–Kier alpha value is -2.04. The van der Waals surface area contributed by atoms with Crippen LogP contribution in [0.5, 0.6) is 11.6 Å². The van der Waals surface area contributed by atoms with Crippen LogP contribution in [0.4, 0.5) is 0 Å². The second kappa shape index (κ2) is 5.87. The molecule has 0 fully saturated rings. The molecule has 114 valence electrons. The minimum absolute atomic E-state index is 0.637. The predicted molar refractivity (Wildman–Crippen MR) is 93.6 cm³/mol. The number of nitrogens with zero attached hydrogens (tertiary/aromatic N) is 2. The largest absolute Gasteiger partial charge is 0.438 e. The number of thioether (sulfide) groups is 1. The van der Waals surface area contributed by atoms with E-state index >= 15 is 0 Å². The van der Waals surface area contributed by atoms with Crippen molar-refractivity contribution in [1.29, 1.82) is 0 Å². The molecule has 0 atom stereocenters. The first kappa shape index (κ1) is 14.5. The monoisotopic (exact) mass is 340 g/mol. The van der Waals surface area contributed by atoms with Crippen LogP contribution in [0.25, 0.3) is 11.4 Å². The van der Waals surface area contributed by atoms with Gasteiger partial charge in [-0.05, 0) is 24.5 Å². The highest BCUT2D eigenvalue weighted by molar-refractivity contribution is 7.98. The van der Waals surface area contributed by atoms with Crippen LogP contribution in [0.3, 0.4) is 0 Å². The number of benzene rings is 2. The molecule has 2 aromatic carbocycles. The van der Waals surface area contributed by atoms with Gasteiger partial charge in [0.25, 0.3) is 0 Å². The Bertz CT molecular complexity index is 884. The van der Waals surface area contributed by atoms with Crippen LogP contribution in [-0.2, 0) is 6.42 Å². The van der Waals surface area contributed by atoms with Crippen LogP contribution in [0.2, 0.25) is 5.02 Å². The standard InChI is InChI=1S/C18H13ClN2OS/c1-23-18-14-10-12-9-13(19)7-8-15(12)22-17(14)20-16(21-18)11-5-3-2-4-6-11/h2-9H,10H2,1H3. The maximum absolute atomic E-state index is 6.09. The summed E-state index contributed by atoms with van der Waals surface area (Å²) in [6.45, 7) is 0. The summed E-state index contributed by atoms with van der Waals surface area (Å²) in [5.74, 6) is 2.14. The topological polar surface area (TPSA) is 35.0 Å². The highest BCUT2D eigenvalue weighted by atomic mass is 35.5. The Balaban J connectivity index is 1.84. The summed E-state index contributed by atoms with van der Waals surface area (Å²) in [6, 6.07) is 15.6. The Morgan fingerprint density at radius 3 is 2.70 bits per heavy atom. The zero-order chi connectivity index (χ0) is 15.8. The molecule has 3 nitrogen and oxygen atoms in total. The minimum atomic E-state index is 0.637. The summed E-state index contributed by atoms with van der Waals surface area (Å²) in [4.78, 5) is 9.34. The van der Waals surface area contributed by atoms with E-state index in [1.54, 1.807) is 11.8 Å². The van der Waals surface area contributed by atoms with Gasteiger partial charge in [-0.15, -0.1) is 11.8 Å². The molecule has 1 aliphatic heterocycles. The lowest BCUT2D eigenvalue weighted by Crippen LogP contribution is -2.08. The molecular formula is C18H13ClN2OS. The Labute approximate surface area is 143 Å². The lowest BCUT2D eigenvalue weighted by Gasteiger charge is -2.21. The van der Waals surface area contributed by atoms with Crippen molar-refractivity contribution in [3.8, 4) is 23.0 Å². The highest BCUT2D eigenvalue weighted by Crippen LogP contribution is 2.40. The molecule has 0 saturated carbocycles. The molecule has 0 N–H and O–H groups in total. The SMILES string of the molecule is CSc1nc(-c2ccccc2)nc2c1Cc1cc(Cl)ccc1O2. The molecule has 0 radical (unpaired) electrons. The molecule has 4 rings (SSSR count). The van der Waals surface area contributed by atoms with E-state index < -0.39 is 0 Å². The van der Waals surface area contributed by atoms with Crippen molar-refractivity contribution in [3.05, 3.63) is 64.7 Å². The molecule has 23 heavy (non-hydrogen) atoms. The molecule has 0 spiro atoms. The fourth-order valence-electron chi connectivity index (χ4n) is 2.64. The third kappa shape index (κ3) is 2.69. The van der Waals surface area contributed by atoms with Gasteiger partial charge >= 0.3 is 0 Å². The molecule has 1 aliphatic rings. The molecule has 3 aromatic rings. The van der Waals surface area contributed by atoms with E-state index in [4.69, 9.17) is 21.3 Å². The first-order chi connectivity index (χ1) is 11.2. The van der Waals surface area contributed by atoms with Crippen LogP contribution in [0.15, 0.2) is 53.6 Å². The van der Waals surface area contributed by atoms with Crippen molar-refractivity contribution in [2.75, 3.05) is 6.26 Å². The summed E-state index contributed by atoms with van der Waals surface area (Å²) in [5, 5.41) is 1.66. The van der Waals surface area contributed by atoms with Gasteiger partial charge < -0.3 is 4.74 Å². The van der Waals surface area contributed by atoms with Crippen LogP contribution in [0.1, 0.15) is 11.1 Å². The number of hydrogen-bond donors (Lipinski definition) is 0. The van der Waals surface area contributed by atoms with E-state index in [-0.39, 0.29) is 0 Å². The molecule has 0 bridgehead atoms. The summed E-state index contributed by atoms with van der Waals surface area (Å²) in [6.07, 6.45) is 2.75. The highest BCUT2D eigenvalue weighted by Gasteiger charge is 2.23. The van der Waals surface area contributed by atoms with Gasteiger partial charge in [0, 0.05) is 22.6 Å². The number of halogens is 1. The van der Waals surface area contributed by atoms with Crippen molar-refractivity contribution in [2.24, 2.45) is 0 Å². The first-order valence-corrected chi connectivity index (χ1v) is 8.81. The van der Waals surface area contributed by atoms with Gasteiger partial charge in [0.05, 0.1) is 5.56 Å². The van der Waals surface area contributed by atoms with Crippen LogP contribution in [-0.4, -0.2) is 16.2 Å². The second-order valence-electron chi connectivity index (χ2n) is 5.24. The van der Waals surface area contributed by atoms with Gasteiger partial charge in [-0.2, -0.15) is 4.98 Å². The zero-order valence-corrected chi connectivity index (χ0v) is 14.0. The third-order valence-electron chi connectivity index (χ3n) is 3.75. The average molecular weight is 341 g/mol. The van der Waals surface area contributed by atoms with Crippen LogP contribution >= 0.6 is 23.4 Å². The maximum Gasteiger partial charge on any atom is 0.227 e. The molecule has 0 aliphatic carbocycles. The number of hydrogen-bond acceptors (Lipinski definition) is 4. The van der Waals surface area contributed by atoms with Crippen molar-refractivity contribution in [3.63, 3.8) is 0 Å². The van der Waals surface area contributed by atoms with E-state index in [1.807, 2.05) is 54.8 Å². The lowest BCUT2D eigenvalue weighted by atomic mass is 10.0. The van der Waals surface area contributed by atoms with Crippen molar-refractivity contribution in [1.82, 2.24) is 9.97 Å². The summed E-state index contributed by atoms with van der Waals surface area (Å²) in [7, 11) is 0. The number of ether oxygens (including phenoxy) is 1. The van der Waals surface area contributed by atoms with E-state index in [0.717, 1.165) is 33.9 Å². The fraction of sp³-hybridized carbons (Fsp3) is 0.111. The van der Waals surface area contributed by atoms with Crippen molar-refractivity contribution >= 4 is 23.4 Å². The first-order valence-electron chi connectivity index (χ1n) is 7.21. The normalized spacial score (nSPS) is 12.3. The Morgan fingerprint density at radius 1 is 1.09 bits per heavy atom. The Morgan fingerprint density at radius 2 is 1.91 bits per heavy atom. The quantitative estimate of drug-likeness (QED) is 0.370. The molecule has 5 heteroatoms. The van der Waals surface area contributed by atoms with E-state index in [1.165, 1.54) is 0 Å². The van der Waals surface area contributed by atoms with Gasteiger partial charge in [0.15, 0.2) is 5.82 Å². The predicted octanol–water partition coefficient (Wildman–Crippen LogP) is 5.22. The van der Waals surface area contributed by atoms with Gasteiger partial charge in [0.1, 0.15) is 10.8 Å². The Kier molecular flexibility index (Phi) is 3.71. The smallest absolute Gasteiger partial charge is 0.227 e. The molecule has 1 aromatic heterocycles. The van der Waals surface area contributed by atoms with Gasteiger partial charge in [-0.25, -0.2) is 4.98 Å². The second-order valence-corrected chi connectivity index (χ2v) is 6.47. The molecular weight excluding hydrogens is 328 g/mol. The van der Waals surface area contributed by atoms with Gasteiger partial charge in [-0.1, -0.05) is 41.9 Å². The summed E-state index contributed by atoms with van der Waals surface area (Å²) in [5.41, 5.74) is 3.07. The van der Waals surface area contributed by atoms with E-state index in [9.17, 15) is 0 Å². The number of rotatable bonds is 2. The molecule has 0 saturated heterocycles. The lowest BCUT2D eigenvalue weighted by molar-refractivity contribution is 0.435. The average Bonchev–Trinajstić information content (AvgIpc) is 2.60. The van der Waals surface area contributed by atoms with Gasteiger partial charge in [0.2, 0.25) is 5.88 Å². The van der Waals surface area contributed by atoms with Crippen molar-refractivity contribution in [2.45, 2.75) is 11.4 Å². The molecule has 2 heterocycles. The zero-order valence-electron chi connectivity index (χ0n) is 12.4. The van der Waals surface area contributed by atoms with E-state index in [0.29, 0.717) is 16.7 Å². The van der Waals surface area contributed by atoms with Crippen molar-refractivity contribution < 1.29 is 4.74 Å².